The molecule has 0 radical (unpaired) electrons. The molecule has 4 nitrogen and oxygen atoms in total. The van der Waals surface area contributed by atoms with E-state index >= 15 is 0 Å². The molecule has 0 saturated carbocycles. The van der Waals surface area contributed by atoms with E-state index in [1.807, 2.05) is 41.5 Å². The second-order valence-corrected chi connectivity index (χ2v) is 4.26. The first-order valence-corrected chi connectivity index (χ1v) is 6.41. The van der Waals surface area contributed by atoms with Gasteiger partial charge in [0.05, 0.1) is 5.69 Å². The van der Waals surface area contributed by atoms with Crippen LogP contribution < -0.4 is 10.7 Å². The van der Waals surface area contributed by atoms with Crippen LogP contribution in [0.2, 0.25) is 0 Å². The van der Waals surface area contributed by atoms with Crippen molar-refractivity contribution in [3.63, 3.8) is 0 Å². The van der Waals surface area contributed by atoms with Crippen LogP contribution in [0, 0.1) is 0 Å². The summed E-state index contributed by atoms with van der Waals surface area (Å²) in [5.41, 5.74) is 5.24. The standard InChI is InChI=1S/C15H16N4/c1-2-18-15(13-9-5-3-6-10-13)16-17-19(18)14-11-7-4-8-12-14/h3-12,17H,2H2,1H3. The van der Waals surface area contributed by atoms with Crippen molar-refractivity contribution in [1.82, 2.24) is 10.5 Å². The number of nitrogens with one attached hydrogen (secondary N) is 1. The Balaban J connectivity index is 1.90. The normalized spacial score (nSPS) is 14.3. The molecule has 2 aromatic rings. The van der Waals surface area contributed by atoms with Crippen molar-refractivity contribution in [2.24, 2.45) is 5.10 Å². The van der Waals surface area contributed by atoms with Crippen molar-refractivity contribution in [2.45, 2.75) is 6.92 Å². The molecule has 0 atom stereocenters. The second-order valence-electron chi connectivity index (χ2n) is 4.26. The highest BCUT2D eigenvalue weighted by atomic mass is 15.9. The Hall–Kier alpha value is -2.49. The molecule has 4 heteroatoms. The number of rotatable bonds is 3. The van der Waals surface area contributed by atoms with Gasteiger partial charge in [0.1, 0.15) is 0 Å². The predicted molar refractivity (Wildman–Crippen MR) is 77.4 cm³/mol. The smallest absolute Gasteiger partial charge is 0.178 e. The number of nitrogens with zero attached hydrogens (tertiary/aromatic N) is 3. The van der Waals surface area contributed by atoms with E-state index in [1.54, 1.807) is 0 Å². The molecule has 1 aliphatic rings. The zero-order chi connectivity index (χ0) is 13.1. The average molecular weight is 252 g/mol. The first kappa shape index (κ1) is 11.6. The number of hydrogen-bond acceptors (Lipinski definition) is 4. The zero-order valence-electron chi connectivity index (χ0n) is 10.8. The molecule has 3 rings (SSSR count). The highest BCUT2D eigenvalue weighted by molar-refractivity contribution is 6.00. The molecule has 0 amide bonds. The van der Waals surface area contributed by atoms with Crippen molar-refractivity contribution < 1.29 is 0 Å². The van der Waals surface area contributed by atoms with Crippen LogP contribution in [0.15, 0.2) is 65.8 Å². The van der Waals surface area contributed by atoms with E-state index in [2.05, 4.69) is 46.8 Å². The third-order valence-corrected chi connectivity index (χ3v) is 3.07. The average Bonchev–Trinajstić information content (AvgIpc) is 2.93. The number of hydrogen-bond donors (Lipinski definition) is 1. The van der Waals surface area contributed by atoms with Gasteiger partial charge in [-0.25, -0.2) is 5.01 Å². The van der Waals surface area contributed by atoms with Crippen LogP contribution in [0.25, 0.3) is 0 Å². The fraction of sp³-hybridized carbons (Fsp3) is 0.133. The van der Waals surface area contributed by atoms with Gasteiger partial charge in [0, 0.05) is 12.1 Å². The summed E-state index contributed by atoms with van der Waals surface area (Å²) in [5.74, 6) is 0.937. The summed E-state index contributed by atoms with van der Waals surface area (Å²) >= 11 is 0. The van der Waals surface area contributed by atoms with Gasteiger partial charge in [0.2, 0.25) is 0 Å². The van der Waals surface area contributed by atoms with Crippen LogP contribution in [-0.4, -0.2) is 17.4 Å². The summed E-state index contributed by atoms with van der Waals surface area (Å²) in [6, 6.07) is 20.4. The highest BCUT2D eigenvalue weighted by Crippen LogP contribution is 2.19. The SMILES string of the molecule is CCN1C(c2ccccc2)=NNN1c1ccccc1. The maximum atomic E-state index is 4.43. The Morgan fingerprint density at radius 2 is 1.58 bits per heavy atom. The van der Waals surface area contributed by atoms with Crippen LogP contribution in [0.1, 0.15) is 12.5 Å². The summed E-state index contributed by atoms with van der Waals surface area (Å²) in [7, 11) is 0. The van der Waals surface area contributed by atoms with Crippen molar-refractivity contribution in [3.8, 4) is 0 Å². The molecule has 96 valence electrons. The van der Waals surface area contributed by atoms with Crippen molar-refractivity contribution in [2.75, 3.05) is 11.7 Å². The monoisotopic (exact) mass is 252 g/mol. The van der Waals surface area contributed by atoms with E-state index in [9.17, 15) is 0 Å². The molecule has 0 aromatic heterocycles. The molecule has 1 aliphatic heterocycles. The van der Waals surface area contributed by atoms with Gasteiger partial charge in [-0.1, -0.05) is 48.5 Å². The third kappa shape index (κ3) is 2.12. The van der Waals surface area contributed by atoms with Gasteiger partial charge in [-0.3, -0.25) is 0 Å². The first-order chi connectivity index (χ1) is 9.40. The van der Waals surface area contributed by atoms with Crippen molar-refractivity contribution in [3.05, 3.63) is 66.2 Å². The van der Waals surface area contributed by atoms with E-state index in [4.69, 9.17) is 0 Å². The Kier molecular flexibility index (Phi) is 3.06. The molecule has 1 N–H and O–H groups in total. The van der Waals surface area contributed by atoms with E-state index in [-0.39, 0.29) is 0 Å². The lowest BCUT2D eigenvalue weighted by Gasteiger charge is -2.29. The lowest BCUT2D eigenvalue weighted by atomic mass is 10.2. The van der Waals surface area contributed by atoms with Gasteiger partial charge in [0.15, 0.2) is 5.84 Å². The molecule has 1 heterocycles. The number of hydrazine groups is 2. The van der Waals surface area contributed by atoms with Crippen molar-refractivity contribution in [1.29, 1.82) is 0 Å². The lowest BCUT2D eigenvalue weighted by molar-refractivity contribution is 0.394. The number of amidine groups is 1. The van der Waals surface area contributed by atoms with Crippen LogP contribution in [0.3, 0.4) is 0 Å². The van der Waals surface area contributed by atoms with E-state index in [1.165, 1.54) is 0 Å². The van der Waals surface area contributed by atoms with E-state index in [0.717, 1.165) is 23.6 Å². The minimum absolute atomic E-state index is 0.843. The minimum atomic E-state index is 0.843. The van der Waals surface area contributed by atoms with E-state index < -0.39 is 0 Å². The molecular weight excluding hydrogens is 236 g/mol. The molecule has 0 saturated heterocycles. The van der Waals surface area contributed by atoms with Gasteiger partial charge in [-0.15, -0.1) is 5.10 Å². The summed E-state index contributed by atoms with van der Waals surface area (Å²) < 4.78 is 0. The van der Waals surface area contributed by atoms with E-state index in [0.29, 0.717) is 0 Å². The van der Waals surface area contributed by atoms with Crippen LogP contribution in [0.5, 0.6) is 0 Å². The number of hydrazone groups is 1. The van der Waals surface area contributed by atoms with Gasteiger partial charge in [-0.2, -0.15) is 10.7 Å². The Bertz CT molecular complexity index is 565. The summed E-state index contributed by atoms with van der Waals surface area (Å²) in [6.45, 7) is 2.96. The largest absolute Gasteiger partial charge is 0.246 e. The first-order valence-electron chi connectivity index (χ1n) is 6.41. The topological polar surface area (TPSA) is 30.9 Å². The van der Waals surface area contributed by atoms with Gasteiger partial charge >= 0.3 is 0 Å². The second kappa shape index (κ2) is 5.02. The Morgan fingerprint density at radius 3 is 2.21 bits per heavy atom. The number of benzene rings is 2. The summed E-state index contributed by atoms with van der Waals surface area (Å²) in [4.78, 5) is 0. The molecule has 19 heavy (non-hydrogen) atoms. The fourth-order valence-electron chi connectivity index (χ4n) is 2.16. The van der Waals surface area contributed by atoms with Crippen LogP contribution >= 0.6 is 0 Å². The third-order valence-electron chi connectivity index (χ3n) is 3.07. The molecular formula is C15H16N4. The van der Waals surface area contributed by atoms with Gasteiger partial charge in [0.25, 0.3) is 0 Å². The number of para-hydroxylation sites is 1. The zero-order valence-corrected chi connectivity index (χ0v) is 10.8. The van der Waals surface area contributed by atoms with Gasteiger partial charge in [-0.05, 0) is 19.1 Å². The van der Waals surface area contributed by atoms with Crippen LogP contribution in [0.4, 0.5) is 5.69 Å². The molecule has 2 aromatic carbocycles. The molecule has 0 fully saturated rings. The molecule has 0 aliphatic carbocycles. The van der Waals surface area contributed by atoms with Crippen LogP contribution in [-0.2, 0) is 0 Å². The molecule has 0 spiro atoms. The highest BCUT2D eigenvalue weighted by Gasteiger charge is 2.25. The minimum Gasteiger partial charge on any atom is -0.246 e. The summed E-state index contributed by atoms with van der Waals surface area (Å²) in [6.07, 6.45) is 0. The molecule has 0 bridgehead atoms. The maximum absolute atomic E-state index is 4.43. The molecule has 0 unspecified atom stereocenters. The lowest BCUT2D eigenvalue weighted by Crippen LogP contribution is -2.45. The summed E-state index contributed by atoms with van der Waals surface area (Å²) in [5, 5.41) is 8.51. The predicted octanol–water partition coefficient (Wildman–Crippen LogP) is 2.61. The van der Waals surface area contributed by atoms with Gasteiger partial charge < -0.3 is 0 Å². The Morgan fingerprint density at radius 1 is 0.947 bits per heavy atom. The maximum Gasteiger partial charge on any atom is 0.178 e. The van der Waals surface area contributed by atoms with Crippen molar-refractivity contribution >= 4 is 11.5 Å². The Labute approximate surface area is 112 Å². The fourth-order valence-corrected chi connectivity index (χ4v) is 2.16. The number of anilines is 1. The quantitative estimate of drug-likeness (QED) is 0.911.